The zero-order valence-corrected chi connectivity index (χ0v) is 15.0. The van der Waals surface area contributed by atoms with E-state index in [-0.39, 0.29) is 18.5 Å². The summed E-state index contributed by atoms with van der Waals surface area (Å²) in [5, 5.41) is 15.8. The second-order valence-electron chi connectivity index (χ2n) is 6.27. The third kappa shape index (κ3) is 5.04. The van der Waals surface area contributed by atoms with Crippen molar-refractivity contribution in [2.24, 2.45) is 0 Å². The lowest BCUT2D eigenvalue weighted by molar-refractivity contribution is -0.137. The van der Waals surface area contributed by atoms with Crippen molar-refractivity contribution >= 4 is 12.0 Å². The van der Waals surface area contributed by atoms with Crippen molar-refractivity contribution in [3.05, 3.63) is 48.0 Å². The van der Waals surface area contributed by atoms with E-state index in [9.17, 15) is 9.59 Å². The van der Waals surface area contributed by atoms with E-state index in [2.05, 4.69) is 15.4 Å². The molecule has 9 nitrogen and oxygen atoms in total. The molecule has 2 amide bonds. The number of hydrogen-bond acceptors (Lipinski definition) is 5. The number of aliphatic carboxylic acids is 1. The molecule has 0 aliphatic carbocycles. The van der Waals surface area contributed by atoms with Crippen LogP contribution in [0.2, 0.25) is 0 Å². The Morgan fingerprint density at radius 1 is 1.30 bits per heavy atom. The fourth-order valence-electron chi connectivity index (χ4n) is 3.01. The fraction of sp³-hybridized carbons (Fsp3) is 0.444. The lowest BCUT2D eigenvalue weighted by atomic mass is 10.2. The number of carbonyl (C=O) groups is 2. The predicted octanol–water partition coefficient (Wildman–Crippen LogP) is 1.27. The first kappa shape index (κ1) is 18.8. The third-order valence-electron chi connectivity index (χ3n) is 4.35. The number of nitrogens with one attached hydrogen (secondary N) is 1. The lowest BCUT2D eigenvalue weighted by Crippen LogP contribution is -2.49. The molecule has 144 valence electrons. The van der Waals surface area contributed by atoms with Gasteiger partial charge in [-0.1, -0.05) is 30.3 Å². The van der Waals surface area contributed by atoms with E-state index >= 15 is 0 Å². The van der Waals surface area contributed by atoms with Crippen molar-refractivity contribution in [1.29, 1.82) is 0 Å². The summed E-state index contributed by atoms with van der Waals surface area (Å²) in [5.74, 6) is -0.207. The number of hydrogen-bond donors (Lipinski definition) is 2. The molecule has 0 bridgehead atoms. The van der Waals surface area contributed by atoms with Crippen LogP contribution in [0, 0.1) is 0 Å². The average molecular weight is 373 g/mol. The molecule has 1 aromatic carbocycles. The minimum absolute atomic E-state index is 0.0260. The molecule has 0 saturated carbocycles. The minimum Gasteiger partial charge on any atom is -0.481 e. The molecular weight excluding hydrogens is 350 g/mol. The van der Waals surface area contributed by atoms with Crippen LogP contribution in [0.25, 0.3) is 0 Å². The molecule has 1 aliphatic heterocycles. The summed E-state index contributed by atoms with van der Waals surface area (Å²) in [6, 6.07) is 9.31. The largest absolute Gasteiger partial charge is 0.481 e. The van der Waals surface area contributed by atoms with Gasteiger partial charge in [-0.2, -0.15) is 5.10 Å². The zero-order chi connectivity index (χ0) is 19.1. The zero-order valence-electron chi connectivity index (χ0n) is 15.0. The number of carbonyl (C=O) groups excluding carboxylic acids is 1. The molecule has 1 saturated heterocycles. The van der Waals surface area contributed by atoms with Gasteiger partial charge in [0.2, 0.25) is 0 Å². The van der Waals surface area contributed by atoms with Crippen molar-refractivity contribution in [3.63, 3.8) is 0 Å². The van der Waals surface area contributed by atoms with E-state index in [1.54, 1.807) is 9.58 Å². The van der Waals surface area contributed by atoms with Gasteiger partial charge in [-0.3, -0.25) is 4.79 Å². The Kier molecular flexibility index (Phi) is 6.37. The van der Waals surface area contributed by atoms with Crippen LogP contribution in [-0.2, 0) is 16.1 Å². The van der Waals surface area contributed by atoms with Crippen LogP contribution in [0.3, 0.4) is 0 Å². The van der Waals surface area contributed by atoms with Crippen LogP contribution >= 0.6 is 0 Å². The van der Waals surface area contributed by atoms with Gasteiger partial charge in [-0.25, -0.2) is 14.5 Å². The van der Waals surface area contributed by atoms with Gasteiger partial charge in [0.25, 0.3) is 0 Å². The van der Waals surface area contributed by atoms with Crippen LogP contribution in [0.15, 0.2) is 36.7 Å². The number of ether oxygens (including phenoxy) is 1. The van der Waals surface area contributed by atoms with Gasteiger partial charge < -0.3 is 20.1 Å². The fourth-order valence-corrected chi connectivity index (χ4v) is 3.01. The molecule has 1 aliphatic rings. The van der Waals surface area contributed by atoms with Gasteiger partial charge in [-0.15, -0.1) is 0 Å². The molecule has 0 radical (unpaired) electrons. The van der Waals surface area contributed by atoms with Crippen molar-refractivity contribution in [3.8, 4) is 0 Å². The number of morpholine rings is 1. The Bertz CT molecular complexity index is 764. The first-order chi connectivity index (χ1) is 13.1. The van der Waals surface area contributed by atoms with Crippen LogP contribution < -0.4 is 5.32 Å². The van der Waals surface area contributed by atoms with Crippen LogP contribution in [-0.4, -0.2) is 63.1 Å². The summed E-state index contributed by atoms with van der Waals surface area (Å²) in [7, 11) is 0. The van der Waals surface area contributed by atoms with Crippen molar-refractivity contribution < 1.29 is 19.4 Å². The Hall–Kier alpha value is -2.94. The SMILES string of the molecule is O=C(O)CCCNC(=O)N1CCOCC1c1ncnn1Cc1ccccc1. The normalized spacial score (nSPS) is 16.9. The van der Waals surface area contributed by atoms with Crippen LogP contribution in [0.5, 0.6) is 0 Å². The molecule has 9 heteroatoms. The average Bonchev–Trinajstić information content (AvgIpc) is 3.13. The molecule has 2 heterocycles. The van der Waals surface area contributed by atoms with E-state index in [0.29, 0.717) is 45.1 Å². The molecule has 1 unspecified atom stereocenters. The number of aromatic nitrogens is 3. The van der Waals surface area contributed by atoms with Crippen molar-refractivity contribution in [2.45, 2.75) is 25.4 Å². The molecular formula is C18H23N5O4. The van der Waals surface area contributed by atoms with E-state index in [0.717, 1.165) is 5.56 Å². The second kappa shape index (κ2) is 9.13. The third-order valence-corrected chi connectivity index (χ3v) is 4.35. The summed E-state index contributed by atoms with van der Waals surface area (Å²) < 4.78 is 7.35. The van der Waals surface area contributed by atoms with Crippen LogP contribution in [0.1, 0.15) is 30.3 Å². The summed E-state index contributed by atoms with van der Waals surface area (Å²) in [6.07, 6.45) is 1.90. The number of urea groups is 1. The monoisotopic (exact) mass is 373 g/mol. The maximum atomic E-state index is 12.6. The highest BCUT2D eigenvalue weighted by Crippen LogP contribution is 2.23. The Labute approximate surface area is 156 Å². The molecule has 2 aromatic rings. The molecule has 2 N–H and O–H groups in total. The number of carboxylic acid groups (broad SMARTS) is 1. The standard InChI is InChI=1S/C18H23N5O4/c24-16(25)7-4-8-19-18(26)22-9-10-27-12-15(22)17-20-13-21-23(17)11-14-5-2-1-3-6-14/h1-3,5-6,13,15H,4,7-12H2,(H,19,26)(H,24,25). The van der Waals surface area contributed by atoms with Crippen molar-refractivity contribution in [2.75, 3.05) is 26.3 Å². The molecule has 27 heavy (non-hydrogen) atoms. The van der Waals surface area contributed by atoms with Gasteiger partial charge in [0, 0.05) is 19.5 Å². The number of nitrogens with zero attached hydrogens (tertiary/aromatic N) is 4. The maximum Gasteiger partial charge on any atom is 0.318 e. The van der Waals surface area contributed by atoms with Crippen molar-refractivity contribution in [1.82, 2.24) is 25.0 Å². The highest BCUT2D eigenvalue weighted by molar-refractivity contribution is 5.75. The predicted molar refractivity (Wildman–Crippen MR) is 96.1 cm³/mol. The first-order valence-corrected chi connectivity index (χ1v) is 8.91. The quantitative estimate of drug-likeness (QED) is 0.708. The second-order valence-corrected chi connectivity index (χ2v) is 6.27. The Morgan fingerprint density at radius 3 is 2.89 bits per heavy atom. The Balaban J connectivity index is 1.68. The maximum absolute atomic E-state index is 12.6. The van der Waals surface area contributed by atoms with Gasteiger partial charge in [0.05, 0.1) is 19.8 Å². The van der Waals surface area contributed by atoms with E-state index in [1.807, 2.05) is 30.3 Å². The molecule has 1 atom stereocenters. The lowest BCUT2D eigenvalue weighted by Gasteiger charge is -2.35. The summed E-state index contributed by atoms with van der Waals surface area (Å²) in [5.41, 5.74) is 1.09. The smallest absolute Gasteiger partial charge is 0.318 e. The topological polar surface area (TPSA) is 110 Å². The van der Waals surface area contributed by atoms with Gasteiger partial charge in [0.15, 0.2) is 5.82 Å². The van der Waals surface area contributed by atoms with Crippen LogP contribution in [0.4, 0.5) is 4.79 Å². The summed E-state index contributed by atoms with van der Waals surface area (Å²) in [4.78, 5) is 29.2. The molecule has 1 fully saturated rings. The number of carboxylic acids is 1. The number of amides is 2. The van der Waals surface area contributed by atoms with Gasteiger partial charge >= 0.3 is 12.0 Å². The molecule has 3 rings (SSSR count). The highest BCUT2D eigenvalue weighted by atomic mass is 16.5. The van der Waals surface area contributed by atoms with E-state index in [4.69, 9.17) is 9.84 Å². The van der Waals surface area contributed by atoms with E-state index < -0.39 is 5.97 Å². The first-order valence-electron chi connectivity index (χ1n) is 8.91. The van der Waals surface area contributed by atoms with Gasteiger partial charge in [0.1, 0.15) is 12.4 Å². The summed E-state index contributed by atoms with van der Waals surface area (Å²) >= 11 is 0. The van der Waals surface area contributed by atoms with E-state index in [1.165, 1.54) is 6.33 Å². The van der Waals surface area contributed by atoms with Gasteiger partial charge in [-0.05, 0) is 12.0 Å². The highest BCUT2D eigenvalue weighted by Gasteiger charge is 2.32. The number of benzene rings is 1. The minimum atomic E-state index is -0.873. The molecule has 0 spiro atoms. The molecule has 1 aromatic heterocycles. The Morgan fingerprint density at radius 2 is 2.11 bits per heavy atom. The number of rotatable bonds is 7. The summed E-state index contributed by atoms with van der Waals surface area (Å²) in [6.45, 7) is 2.10.